The molecule has 1 rings (SSSR count). The van der Waals surface area contributed by atoms with Crippen LogP contribution in [0.5, 0.6) is 0 Å². The van der Waals surface area contributed by atoms with E-state index in [0.29, 0.717) is 0 Å². The van der Waals surface area contributed by atoms with Gasteiger partial charge in [0.05, 0.1) is 0 Å². The molecule has 0 atom stereocenters. The minimum Gasteiger partial charge on any atom is -0.334 e. The summed E-state index contributed by atoms with van der Waals surface area (Å²) in [6, 6.07) is 0. The minimum absolute atomic E-state index is 0.114. The molecule has 0 unspecified atom stereocenters. The van der Waals surface area contributed by atoms with Gasteiger partial charge in [0, 0.05) is 18.6 Å². The maximum atomic E-state index is 11.0. The van der Waals surface area contributed by atoms with E-state index in [2.05, 4.69) is 21.3 Å². The number of aromatic amines is 1. The van der Waals surface area contributed by atoms with Gasteiger partial charge in [0.15, 0.2) is 0 Å². The van der Waals surface area contributed by atoms with Crippen LogP contribution in [0.4, 0.5) is 0 Å². The van der Waals surface area contributed by atoms with Gasteiger partial charge < -0.3 is 4.98 Å². The number of hydrogen-bond acceptors (Lipinski definition) is 3. The minimum atomic E-state index is -3.50. The van der Waals surface area contributed by atoms with E-state index in [1.165, 1.54) is 12.4 Å². The summed E-state index contributed by atoms with van der Waals surface area (Å²) in [4.78, 5) is 6.01. The molecule has 0 aliphatic heterocycles. The summed E-state index contributed by atoms with van der Waals surface area (Å²) in [6.07, 6.45) is 3.87. The third-order valence-electron chi connectivity index (χ3n) is 0.966. The number of sulfonamides is 1. The van der Waals surface area contributed by atoms with Gasteiger partial charge in [-0.3, -0.25) is 4.72 Å². The highest BCUT2D eigenvalue weighted by atomic mass is 32.2. The van der Waals surface area contributed by atoms with Crippen LogP contribution in [-0.2, 0) is 10.0 Å². The molecule has 0 fully saturated rings. The van der Waals surface area contributed by atoms with E-state index in [9.17, 15) is 8.42 Å². The molecular formula is C5H7N3O2S. The van der Waals surface area contributed by atoms with Crippen molar-refractivity contribution in [1.29, 1.82) is 0 Å². The number of imidazole rings is 1. The van der Waals surface area contributed by atoms with Crippen molar-refractivity contribution in [2.45, 2.75) is 5.16 Å². The zero-order valence-corrected chi connectivity index (χ0v) is 6.43. The van der Waals surface area contributed by atoms with Crippen LogP contribution >= 0.6 is 0 Å². The molecule has 1 aromatic rings. The molecule has 0 saturated heterocycles. The van der Waals surface area contributed by atoms with Gasteiger partial charge in [0.2, 0.25) is 5.16 Å². The van der Waals surface area contributed by atoms with E-state index < -0.39 is 10.0 Å². The van der Waals surface area contributed by atoms with Crippen LogP contribution in [0.25, 0.3) is 0 Å². The lowest BCUT2D eigenvalue weighted by atomic mass is 11.0. The van der Waals surface area contributed by atoms with Crippen molar-refractivity contribution < 1.29 is 8.42 Å². The monoisotopic (exact) mass is 173 g/mol. The highest BCUT2D eigenvalue weighted by molar-refractivity contribution is 7.89. The van der Waals surface area contributed by atoms with E-state index in [-0.39, 0.29) is 5.16 Å². The highest BCUT2D eigenvalue weighted by Crippen LogP contribution is 1.97. The van der Waals surface area contributed by atoms with Gasteiger partial charge in [0.25, 0.3) is 10.0 Å². The lowest BCUT2D eigenvalue weighted by Crippen LogP contribution is -2.18. The van der Waals surface area contributed by atoms with E-state index in [1.54, 1.807) is 0 Å². The SMILES string of the molecule is C=CNS(=O)(=O)c1ncc[nH]1. The average Bonchev–Trinajstić information content (AvgIpc) is 2.37. The molecule has 2 N–H and O–H groups in total. The van der Waals surface area contributed by atoms with E-state index in [1.807, 2.05) is 0 Å². The molecule has 5 nitrogen and oxygen atoms in total. The van der Waals surface area contributed by atoms with Crippen molar-refractivity contribution in [2.75, 3.05) is 0 Å². The molecule has 0 aliphatic carbocycles. The van der Waals surface area contributed by atoms with Crippen LogP contribution in [0, 0.1) is 0 Å². The topological polar surface area (TPSA) is 74.8 Å². The van der Waals surface area contributed by atoms with Crippen LogP contribution in [0.15, 0.2) is 30.3 Å². The van der Waals surface area contributed by atoms with Crippen molar-refractivity contribution in [3.63, 3.8) is 0 Å². The maximum Gasteiger partial charge on any atom is 0.295 e. The maximum absolute atomic E-state index is 11.0. The van der Waals surface area contributed by atoms with E-state index >= 15 is 0 Å². The Morgan fingerprint density at radius 3 is 2.91 bits per heavy atom. The molecule has 0 amide bonds. The van der Waals surface area contributed by atoms with Crippen LogP contribution < -0.4 is 4.72 Å². The quantitative estimate of drug-likeness (QED) is 0.666. The van der Waals surface area contributed by atoms with Gasteiger partial charge >= 0.3 is 0 Å². The summed E-state index contributed by atoms with van der Waals surface area (Å²) < 4.78 is 24.1. The predicted octanol–water partition coefficient (Wildman–Crippen LogP) is -0.169. The average molecular weight is 173 g/mol. The molecule has 1 heterocycles. The lowest BCUT2D eigenvalue weighted by molar-refractivity contribution is 0.583. The number of nitrogens with one attached hydrogen (secondary N) is 2. The van der Waals surface area contributed by atoms with Gasteiger partial charge in [-0.2, -0.15) is 8.42 Å². The summed E-state index contributed by atoms with van der Waals surface area (Å²) in [5.41, 5.74) is 0. The molecule has 1 aromatic heterocycles. The van der Waals surface area contributed by atoms with Gasteiger partial charge in [-0.15, -0.1) is 0 Å². The Morgan fingerprint density at radius 2 is 2.45 bits per heavy atom. The Hall–Kier alpha value is -1.30. The van der Waals surface area contributed by atoms with Gasteiger partial charge in [-0.05, 0) is 0 Å². The van der Waals surface area contributed by atoms with E-state index in [4.69, 9.17) is 0 Å². The molecule has 60 valence electrons. The smallest absolute Gasteiger partial charge is 0.295 e. The predicted molar refractivity (Wildman–Crippen MR) is 39.1 cm³/mol. The van der Waals surface area contributed by atoms with Gasteiger partial charge in [-0.25, -0.2) is 4.98 Å². The fraction of sp³-hybridized carbons (Fsp3) is 0. The molecular weight excluding hydrogens is 166 g/mol. The second kappa shape index (κ2) is 2.75. The van der Waals surface area contributed by atoms with Crippen LogP contribution in [0.1, 0.15) is 0 Å². The number of nitrogens with zero attached hydrogens (tertiary/aromatic N) is 1. The van der Waals surface area contributed by atoms with Crippen molar-refractivity contribution in [2.24, 2.45) is 0 Å². The number of H-pyrrole nitrogens is 1. The summed E-state index contributed by atoms with van der Waals surface area (Å²) in [5, 5.41) is -0.114. The van der Waals surface area contributed by atoms with Crippen LogP contribution in [0.3, 0.4) is 0 Å². The fourth-order valence-corrected chi connectivity index (χ4v) is 1.32. The first-order valence-electron chi connectivity index (χ1n) is 2.79. The third-order valence-corrected chi connectivity index (χ3v) is 2.18. The normalized spacial score (nSPS) is 10.9. The Morgan fingerprint density at radius 1 is 1.73 bits per heavy atom. The zero-order valence-electron chi connectivity index (χ0n) is 5.61. The Kier molecular flexibility index (Phi) is 1.95. The highest BCUT2D eigenvalue weighted by Gasteiger charge is 2.12. The molecule has 6 heteroatoms. The summed E-state index contributed by atoms with van der Waals surface area (Å²) in [5.74, 6) is 0. The number of hydrogen-bond donors (Lipinski definition) is 2. The first kappa shape index (κ1) is 7.80. The lowest BCUT2D eigenvalue weighted by Gasteiger charge is -1.96. The summed E-state index contributed by atoms with van der Waals surface area (Å²) in [6.45, 7) is 3.22. The van der Waals surface area contributed by atoms with E-state index in [0.717, 1.165) is 6.20 Å². The molecule has 0 saturated carbocycles. The first-order chi connectivity index (χ1) is 5.17. The Labute approximate surface area is 64.2 Å². The van der Waals surface area contributed by atoms with Crippen molar-refractivity contribution in [1.82, 2.24) is 14.7 Å². The van der Waals surface area contributed by atoms with Crippen LogP contribution in [0.2, 0.25) is 0 Å². The number of aromatic nitrogens is 2. The second-order valence-electron chi connectivity index (χ2n) is 1.72. The van der Waals surface area contributed by atoms with Gasteiger partial charge in [0.1, 0.15) is 0 Å². The first-order valence-corrected chi connectivity index (χ1v) is 4.28. The van der Waals surface area contributed by atoms with Crippen molar-refractivity contribution >= 4 is 10.0 Å². The molecule has 0 radical (unpaired) electrons. The largest absolute Gasteiger partial charge is 0.334 e. The zero-order chi connectivity index (χ0) is 8.32. The molecule has 0 spiro atoms. The van der Waals surface area contributed by atoms with Gasteiger partial charge in [-0.1, -0.05) is 6.58 Å². The molecule has 0 aromatic carbocycles. The number of rotatable bonds is 3. The fourth-order valence-electron chi connectivity index (χ4n) is 0.563. The Balaban J connectivity index is 3.01. The Bertz CT molecular complexity index is 327. The standard InChI is InChI=1S/C5H7N3O2S/c1-2-8-11(9,10)5-6-3-4-7-5/h2-4,8H,1H2,(H,6,7). The van der Waals surface area contributed by atoms with Crippen molar-refractivity contribution in [3.8, 4) is 0 Å². The second-order valence-corrected chi connectivity index (χ2v) is 3.35. The van der Waals surface area contributed by atoms with Crippen LogP contribution in [-0.4, -0.2) is 18.4 Å². The third kappa shape index (κ3) is 1.58. The summed E-state index contributed by atoms with van der Waals surface area (Å²) in [7, 11) is -3.50. The molecule has 11 heavy (non-hydrogen) atoms. The van der Waals surface area contributed by atoms with Crippen molar-refractivity contribution in [3.05, 3.63) is 25.2 Å². The molecule has 0 bridgehead atoms. The summed E-state index contributed by atoms with van der Waals surface area (Å²) >= 11 is 0. The molecule has 0 aliphatic rings.